The summed E-state index contributed by atoms with van der Waals surface area (Å²) in [5, 5.41) is 7.93. The first-order chi connectivity index (χ1) is 14.5. The summed E-state index contributed by atoms with van der Waals surface area (Å²) in [5.41, 5.74) is 2.63. The molecule has 6 heteroatoms. The molecule has 4 rings (SSSR count). The van der Waals surface area contributed by atoms with Gasteiger partial charge in [-0.2, -0.15) is 5.10 Å². The lowest BCUT2D eigenvalue weighted by molar-refractivity contribution is -0.133. The van der Waals surface area contributed by atoms with E-state index in [0.29, 0.717) is 18.8 Å². The van der Waals surface area contributed by atoms with Gasteiger partial charge in [-0.1, -0.05) is 50.5 Å². The van der Waals surface area contributed by atoms with Crippen LogP contribution in [0.1, 0.15) is 68.9 Å². The van der Waals surface area contributed by atoms with Gasteiger partial charge in [0.2, 0.25) is 5.91 Å². The summed E-state index contributed by atoms with van der Waals surface area (Å²) < 4.78 is 1.72. The number of rotatable bonds is 5. The number of nitrogens with one attached hydrogen (secondary N) is 1. The van der Waals surface area contributed by atoms with Crippen molar-refractivity contribution in [2.75, 3.05) is 6.54 Å². The Morgan fingerprint density at radius 3 is 2.50 bits per heavy atom. The zero-order valence-corrected chi connectivity index (χ0v) is 18.3. The van der Waals surface area contributed by atoms with Crippen LogP contribution in [0.4, 0.5) is 0 Å². The first-order valence-electron chi connectivity index (χ1n) is 11.3. The van der Waals surface area contributed by atoms with Crippen molar-refractivity contribution in [3.63, 3.8) is 0 Å². The van der Waals surface area contributed by atoms with Gasteiger partial charge < -0.3 is 10.2 Å². The van der Waals surface area contributed by atoms with E-state index in [0.717, 1.165) is 43.4 Å². The first-order valence-corrected chi connectivity index (χ1v) is 11.3. The standard InChI is InChI=1S/C24H32N4O2/c1-4-17-11-13-18(14-12-17)20-15-21-22(29)27(5-2)24(3,16-28(21)26-20)23(30)25-19-9-7-6-8-10-19/h11-15,19H,4-10,16H2,1-3H3,(H,25,30). The number of benzene rings is 1. The quantitative estimate of drug-likeness (QED) is 0.818. The molecule has 2 heterocycles. The van der Waals surface area contributed by atoms with E-state index in [1.165, 1.54) is 12.0 Å². The van der Waals surface area contributed by atoms with Crippen LogP contribution in [0.2, 0.25) is 0 Å². The summed E-state index contributed by atoms with van der Waals surface area (Å²) in [6.07, 6.45) is 6.57. The number of amides is 2. The fourth-order valence-electron chi connectivity index (χ4n) is 4.78. The van der Waals surface area contributed by atoms with E-state index in [1.54, 1.807) is 9.58 Å². The zero-order valence-electron chi connectivity index (χ0n) is 18.3. The molecule has 1 fully saturated rings. The Labute approximate surface area is 178 Å². The minimum absolute atomic E-state index is 0.0698. The SMILES string of the molecule is CCc1ccc(-c2cc3n(n2)CC(C)(C(=O)NC2CCCCC2)N(CC)C3=O)cc1. The Hall–Kier alpha value is -2.63. The van der Waals surface area contributed by atoms with E-state index in [9.17, 15) is 9.59 Å². The Kier molecular flexibility index (Phi) is 5.67. The molecule has 1 atom stereocenters. The maximum atomic E-state index is 13.3. The van der Waals surface area contributed by atoms with Gasteiger partial charge in [-0.25, -0.2) is 0 Å². The van der Waals surface area contributed by atoms with E-state index in [2.05, 4.69) is 24.4 Å². The third-order valence-corrected chi connectivity index (χ3v) is 6.70. The van der Waals surface area contributed by atoms with Gasteiger partial charge in [0.05, 0.1) is 12.2 Å². The smallest absolute Gasteiger partial charge is 0.273 e. The number of aromatic nitrogens is 2. The van der Waals surface area contributed by atoms with Crippen LogP contribution in [0.5, 0.6) is 0 Å². The third-order valence-electron chi connectivity index (χ3n) is 6.70. The molecule has 1 aliphatic carbocycles. The number of hydrogen-bond acceptors (Lipinski definition) is 3. The number of carbonyl (C=O) groups excluding carboxylic acids is 2. The Bertz CT molecular complexity index is 927. The minimum Gasteiger partial charge on any atom is -0.351 e. The van der Waals surface area contributed by atoms with Gasteiger partial charge >= 0.3 is 0 Å². The minimum atomic E-state index is -0.939. The van der Waals surface area contributed by atoms with Crippen LogP contribution < -0.4 is 5.32 Å². The van der Waals surface area contributed by atoms with Gasteiger partial charge in [-0.05, 0) is 44.7 Å². The second kappa shape index (κ2) is 8.25. The van der Waals surface area contributed by atoms with E-state index in [1.807, 2.05) is 32.0 Å². The number of carbonyl (C=O) groups is 2. The van der Waals surface area contributed by atoms with Crippen molar-refractivity contribution in [2.45, 2.75) is 77.4 Å². The molecular weight excluding hydrogens is 376 g/mol. The highest BCUT2D eigenvalue weighted by atomic mass is 16.2. The molecule has 0 saturated heterocycles. The van der Waals surface area contributed by atoms with Crippen LogP contribution in [0, 0.1) is 0 Å². The third kappa shape index (κ3) is 3.64. The summed E-state index contributed by atoms with van der Waals surface area (Å²) in [6, 6.07) is 10.3. The highest BCUT2D eigenvalue weighted by Gasteiger charge is 2.47. The second-order valence-corrected chi connectivity index (χ2v) is 8.75. The van der Waals surface area contributed by atoms with Crippen LogP contribution in [0.25, 0.3) is 11.3 Å². The highest BCUT2D eigenvalue weighted by Crippen LogP contribution is 2.30. The van der Waals surface area contributed by atoms with Gasteiger partial charge in [-0.3, -0.25) is 14.3 Å². The predicted octanol–water partition coefficient (Wildman–Crippen LogP) is 3.80. The van der Waals surface area contributed by atoms with Crippen molar-refractivity contribution < 1.29 is 9.59 Å². The summed E-state index contributed by atoms with van der Waals surface area (Å²) in [6.45, 7) is 6.78. The van der Waals surface area contributed by atoms with Gasteiger partial charge in [-0.15, -0.1) is 0 Å². The molecule has 160 valence electrons. The van der Waals surface area contributed by atoms with Crippen molar-refractivity contribution in [2.24, 2.45) is 0 Å². The summed E-state index contributed by atoms with van der Waals surface area (Å²) >= 11 is 0. The Morgan fingerprint density at radius 1 is 1.17 bits per heavy atom. The lowest BCUT2D eigenvalue weighted by atomic mass is 9.91. The van der Waals surface area contributed by atoms with E-state index in [-0.39, 0.29) is 17.9 Å². The number of aryl methyl sites for hydroxylation is 1. The van der Waals surface area contributed by atoms with E-state index in [4.69, 9.17) is 5.10 Å². The van der Waals surface area contributed by atoms with Gasteiger partial charge in [0.15, 0.2) is 0 Å². The molecule has 2 aromatic rings. The molecule has 0 spiro atoms. The van der Waals surface area contributed by atoms with Crippen LogP contribution in [-0.2, 0) is 17.8 Å². The van der Waals surface area contributed by atoms with Crippen molar-refractivity contribution in [3.05, 3.63) is 41.6 Å². The molecule has 1 aromatic carbocycles. The molecular formula is C24H32N4O2. The van der Waals surface area contributed by atoms with Crippen LogP contribution in [0.3, 0.4) is 0 Å². The average Bonchev–Trinajstić information content (AvgIpc) is 3.18. The molecule has 1 aromatic heterocycles. The second-order valence-electron chi connectivity index (χ2n) is 8.75. The largest absolute Gasteiger partial charge is 0.351 e. The number of hydrogen-bond donors (Lipinski definition) is 1. The highest BCUT2D eigenvalue weighted by molar-refractivity contribution is 6.00. The summed E-state index contributed by atoms with van der Waals surface area (Å²) in [5.74, 6) is -0.200. The Morgan fingerprint density at radius 2 is 1.87 bits per heavy atom. The zero-order chi connectivity index (χ0) is 21.3. The average molecular weight is 409 g/mol. The molecule has 0 bridgehead atoms. The monoisotopic (exact) mass is 408 g/mol. The van der Waals surface area contributed by atoms with Gasteiger partial charge in [0.1, 0.15) is 11.2 Å². The topological polar surface area (TPSA) is 67.2 Å². The Balaban J connectivity index is 1.62. The molecule has 6 nitrogen and oxygen atoms in total. The van der Waals surface area contributed by atoms with E-state index < -0.39 is 5.54 Å². The van der Waals surface area contributed by atoms with Crippen molar-refractivity contribution >= 4 is 11.8 Å². The molecule has 1 unspecified atom stereocenters. The van der Waals surface area contributed by atoms with Crippen molar-refractivity contribution in [1.29, 1.82) is 0 Å². The molecule has 1 saturated carbocycles. The van der Waals surface area contributed by atoms with Crippen LogP contribution in [-0.4, -0.2) is 44.6 Å². The normalized spacial score (nSPS) is 22.1. The number of nitrogens with zero attached hydrogens (tertiary/aromatic N) is 3. The van der Waals surface area contributed by atoms with Crippen molar-refractivity contribution in [3.8, 4) is 11.3 Å². The predicted molar refractivity (Wildman–Crippen MR) is 117 cm³/mol. The maximum Gasteiger partial charge on any atom is 0.273 e. The lowest BCUT2D eigenvalue weighted by Crippen LogP contribution is -2.65. The summed E-state index contributed by atoms with van der Waals surface area (Å²) in [7, 11) is 0. The lowest BCUT2D eigenvalue weighted by Gasteiger charge is -2.43. The molecule has 1 aliphatic heterocycles. The summed E-state index contributed by atoms with van der Waals surface area (Å²) in [4.78, 5) is 28.3. The molecule has 30 heavy (non-hydrogen) atoms. The van der Waals surface area contributed by atoms with Crippen LogP contribution >= 0.6 is 0 Å². The van der Waals surface area contributed by atoms with E-state index >= 15 is 0 Å². The van der Waals surface area contributed by atoms with Gasteiger partial charge in [0, 0.05) is 18.2 Å². The van der Waals surface area contributed by atoms with Crippen molar-refractivity contribution in [1.82, 2.24) is 20.0 Å². The molecule has 2 amide bonds. The molecule has 1 N–H and O–H groups in total. The maximum absolute atomic E-state index is 13.3. The fraction of sp³-hybridized carbons (Fsp3) is 0.542. The first kappa shape index (κ1) is 20.6. The number of likely N-dealkylation sites (N-methyl/N-ethyl adjacent to an activating group) is 1. The van der Waals surface area contributed by atoms with Gasteiger partial charge in [0.25, 0.3) is 5.91 Å². The number of fused-ring (bicyclic) bond motifs is 1. The fourth-order valence-corrected chi connectivity index (χ4v) is 4.78. The molecule has 0 radical (unpaired) electrons. The molecule has 2 aliphatic rings. The van der Waals surface area contributed by atoms with Crippen LogP contribution in [0.15, 0.2) is 30.3 Å².